The Labute approximate surface area is 251 Å². The number of nitrogens with one attached hydrogen (secondary N) is 1. The molecular weight excluding hydrogens is 577 g/mol. The quantitative estimate of drug-likeness (QED) is 0.254. The molecule has 2 aliphatic rings. The Morgan fingerprint density at radius 3 is 2.47 bits per heavy atom. The number of alkyl halides is 3. The van der Waals surface area contributed by atoms with Crippen LogP contribution in [0.25, 0.3) is 17.1 Å². The number of halogens is 3. The molecule has 3 aromatic carbocycles. The van der Waals surface area contributed by atoms with E-state index in [0.29, 0.717) is 11.5 Å². The first kappa shape index (κ1) is 28.8. The average molecular weight is 607 g/mol. The summed E-state index contributed by atoms with van der Waals surface area (Å²) in [7, 11) is 0. The summed E-state index contributed by atoms with van der Waals surface area (Å²) < 4.78 is 42.6. The number of para-hydroxylation sites is 1. The fraction of sp³-hybridized carbons (Fsp3) is 0.290. The number of ether oxygens (including phenoxy) is 1. The zero-order chi connectivity index (χ0) is 30.1. The second kappa shape index (κ2) is 11.8. The van der Waals surface area contributed by atoms with Gasteiger partial charge in [0.1, 0.15) is 12.1 Å². The lowest BCUT2D eigenvalue weighted by molar-refractivity contribution is -0.274. The zero-order valence-electron chi connectivity index (χ0n) is 23.5. The Hall–Kier alpha value is -4.32. The number of amidine groups is 1. The molecule has 1 aliphatic heterocycles. The third kappa shape index (κ3) is 6.69. The van der Waals surface area contributed by atoms with Crippen LogP contribution in [0, 0.1) is 13.8 Å². The fourth-order valence-electron chi connectivity index (χ4n) is 5.29. The number of urea groups is 1. The molecule has 2 heterocycles. The van der Waals surface area contributed by atoms with Crippen LogP contribution in [0.2, 0.25) is 0 Å². The first-order valence-corrected chi connectivity index (χ1v) is 14.9. The van der Waals surface area contributed by atoms with E-state index in [1.54, 1.807) is 11.8 Å². The lowest BCUT2D eigenvalue weighted by Gasteiger charge is -2.31. The Balaban J connectivity index is 1.07. The molecule has 1 saturated heterocycles. The predicted octanol–water partition coefficient (Wildman–Crippen LogP) is 7.01. The number of nitrogens with zero attached hydrogens (tertiary/aromatic N) is 5. The van der Waals surface area contributed by atoms with Gasteiger partial charge >= 0.3 is 12.4 Å². The Kier molecular flexibility index (Phi) is 7.87. The molecule has 1 aromatic heterocycles. The van der Waals surface area contributed by atoms with Gasteiger partial charge in [-0.1, -0.05) is 54.2 Å². The van der Waals surface area contributed by atoms with E-state index in [1.807, 2.05) is 30.3 Å². The van der Waals surface area contributed by atoms with Gasteiger partial charge in [0.25, 0.3) is 0 Å². The summed E-state index contributed by atoms with van der Waals surface area (Å²) in [5.74, 6) is 1.32. The van der Waals surface area contributed by atoms with Crippen LogP contribution in [-0.4, -0.2) is 50.7 Å². The lowest BCUT2D eigenvalue weighted by Crippen LogP contribution is -2.37. The standard InChI is InChI=1S/C31H29F3N6O2S/c1-19-5-3-6-20(2)27(19)39-15-4-16-43-30(39)37-29(41)36-26-17-25(26)21-7-9-22(10-8-21)28-35-18-40(38-28)23-11-13-24(14-12-23)42-31(32,33)34/h3,5-14,18,25-26H,4,15-17H2,1-2H3,(H,36,41). The minimum atomic E-state index is -4.74. The molecule has 43 heavy (non-hydrogen) atoms. The summed E-state index contributed by atoms with van der Waals surface area (Å²) in [6.07, 6.45) is -1.37. The molecule has 2 atom stereocenters. The smallest absolute Gasteiger partial charge is 0.406 e. The second-order valence-corrected chi connectivity index (χ2v) is 11.6. The third-order valence-corrected chi connectivity index (χ3v) is 8.48. The molecule has 12 heteroatoms. The SMILES string of the molecule is Cc1cccc(C)c1N1CCCSC1=NC(=O)NC1CC1c1ccc(-c2ncn(-c3ccc(OC(F)(F)F)cc3)n2)cc1. The maximum atomic E-state index is 12.9. The number of hydrogen-bond acceptors (Lipinski definition) is 5. The molecule has 1 N–H and O–H groups in total. The molecule has 8 nitrogen and oxygen atoms in total. The summed E-state index contributed by atoms with van der Waals surface area (Å²) in [5.41, 5.74) is 5.90. The van der Waals surface area contributed by atoms with Crippen LogP contribution < -0.4 is 15.0 Å². The molecule has 1 saturated carbocycles. The van der Waals surface area contributed by atoms with Crippen LogP contribution in [-0.2, 0) is 0 Å². The van der Waals surface area contributed by atoms with Gasteiger partial charge in [0, 0.05) is 35.5 Å². The summed E-state index contributed by atoms with van der Waals surface area (Å²) in [6, 6.07) is 19.2. The fourth-order valence-corrected chi connectivity index (χ4v) is 6.23. The molecule has 2 fully saturated rings. The lowest BCUT2D eigenvalue weighted by atomic mass is 10.1. The maximum absolute atomic E-state index is 12.9. The van der Waals surface area contributed by atoms with Crippen molar-refractivity contribution >= 4 is 28.6 Å². The van der Waals surface area contributed by atoms with Crippen molar-refractivity contribution in [2.24, 2.45) is 4.99 Å². The highest BCUT2D eigenvalue weighted by Gasteiger charge is 2.39. The maximum Gasteiger partial charge on any atom is 0.573 e. The number of benzene rings is 3. The van der Waals surface area contributed by atoms with Gasteiger partial charge in [0.2, 0.25) is 0 Å². The number of aliphatic imine (C=N–C) groups is 1. The summed E-state index contributed by atoms with van der Waals surface area (Å²) in [4.78, 5) is 23.9. The summed E-state index contributed by atoms with van der Waals surface area (Å²) in [5, 5.41) is 8.26. The monoisotopic (exact) mass is 606 g/mol. The van der Waals surface area contributed by atoms with Crippen molar-refractivity contribution in [2.75, 3.05) is 17.2 Å². The van der Waals surface area contributed by atoms with Crippen LogP contribution in [0.5, 0.6) is 5.75 Å². The zero-order valence-corrected chi connectivity index (χ0v) is 24.3. The number of thioether (sulfide) groups is 1. The Morgan fingerprint density at radius 2 is 1.77 bits per heavy atom. The first-order valence-electron chi connectivity index (χ1n) is 13.9. The van der Waals surface area contributed by atoms with Gasteiger partial charge in [-0.25, -0.2) is 14.5 Å². The number of hydrogen-bond donors (Lipinski definition) is 1. The minimum absolute atomic E-state index is 0.0200. The van der Waals surface area contributed by atoms with Crippen LogP contribution in [0.1, 0.15) is 35.4 Å². The summed E-state index contributed by atoms with van der Waals surface area (Å²) in [6.45, 7) is 5.00. The molecule has 2 amide bonds. The van der Waals surface area contributed by atoms with E-state index < -0.39 is 6.36 Å². The number of amides is 2. The van der Waals surface area contributed by atoms with Crippen molar-refractivity contribution in [3.63, 3.8) is 0 Å². The van der Waals surface area contributed by atoms with E-state index >= 15 is 0 Å². The number of aryl methyl sites for hydroxylation is 2. The molecule has 2 unspecified atom stereocenters. The normalized spacial score (nSPS) is 19.4. The molecule has 1 aliphatic carbocycles. The highest BCUT2D eigenvalue weighted by molar-refractivity contribution is 8.14. The van der Waals surface area contributed by atoms with Gasteiger partial charge in [-0.05, 0) is 67.6 Å². The Bertz CT molecular complexity index is 1630. The van der Waals surface area contributed by atoms with Gasteiger partial charge in [-0.2, -0.15) is 4.99 Å². The van der Waals surface area contributed by atoms with E-state index in [1.165, 1.54) is 35.3 Å². The largest absolute Gasteiger partial charge is 0.573 e. The summed E-state index contributed by atoms with van der Waals surface area (Å²) >= 11 is 1.61. The van der Waals surface area contributed by atoms with Crippen molar-refractivity contribution in [1.29, 1.82) is 0 Å². The number of anilines is 1. The number of carbonyl (C=O) groups excluding carboxylic acids is 1. The molecule has 6 rings (SSSR count). The molecule has 4 aromatic rings. The van der Waals surface area contributed by atoms with E-state index in [-0.39, 0.29) is 23.7 Å². The Morgan fingerprint density at radius 1 is 1.05 bits per heavy atom. The number of carbonyl (C=O) groups is 1. The van der Waals surface area contributed by atoms with Crippen molar-refractivity contribution in [2.45, 2.75) is 45.0 Å². The predicted molar refractivity (Wildman–Crippen MR) is 161 cm³/mol. The van der Waals surface area contributed by atoms with Crippen LogP contribution in [0.15, 0.2) is 78.0 Å². The molecule has 0 spiro atoms. The molecule has 222 valence electrons. The first-order chi connectivity index (χ1) is 20.6. The van der Waals surface area contributed by atoms with Crippen molar-refractivity contribution < 1.29 is 22.7 Å². The highest BCUT2D eigenvalue weighted by atomic mass is 32.2. The van der Waals surface area contributed by atoms with Crippen LogP contribution in [0.3, 0.4) is 0 Å². The van der Waals surface area contributed by atoms with Crippen molar-refractivity contribution in [3.8, 4) is 22.8 Å². The molecule has 0 bridgehead atoms. The van der Waals surface area contributed by atoms with Gasteiger partial charge in [0.15, 0.2) is 11.0 Å². The van der Waals surface area contributed by atoms with Gasteiger partial charge < -0.3 is 15.0 Å². The van der Waals surface area contributed by atoms with Crippen molar-refractivity contribution in [1.82, 2.24) is 20.1 Å². The van der Waals surface area contributed by atoms with Crippen LogP contribution in [0.4, 0.5) is 23.7 Å². The van der Waals surface area contributed by atoms with E-state index in [2.05, 4.69) is 56.0 Å². The topological polar surface area (TPSA) is 84.6 Å². The van der Waals surface area contributed by atoms with E-state index in [9.17, 15) is 18.0 Å². The average Bonchev–Trinajstić information content (AvgIpc) is 3.55. The third-order valence-electron chi connectivity index (χ3n) is 7.42. The van der Waals surface area contributed by atoms with Crippen molar-refractivity contribution in [3.05, 3.63) is 89.7 Å². The van der Waals surface area contributed by atoms with Gasteiger partial charge in [-0.15, -0.1) is 18.3 Å². The van der Waals surface area contributed by atoms with Gasteiger partial charge in [-0.3, -0.25) is 0 Å². The highest BCUT2D eigenvalue weighted by Crippen LogP contribution is 2.41. The second-order valence-electron chi connectivity index (χ2n) is 10.6. The minimum Gasteiger partial charge on any atom is -0.406 e. The van der Waals surface area contributed by atoms with E-state index in [0.717, 1.165) is 58.2 Å². The number of rotatable bonds is 6. The van der Waals surface area contributed by atoms with Crippen LogP contribution >= 0.6 is 11.8 Å². The van der Waals surface area contributed by atoms with E-state index in [4.69, 9.17) is 0 Å². The molecule has 0 radical (unpaired) electrons. The molecular formula is C31H29F3N6O2S. The number of aromatic nitrogens is 3. The van der Waals surface area contributed by atoms with Gasteiger partial charge in [0.05, 0.1) is 5.69 Å².